The largest absolute Gasteiger partial charge is 0.454 e. The van der Waals surface area contributed by atoms with Crippen molar-refractivity contribution < 1.29 is 32.6 Å². The predicted octanol–water partition coefficient (Wildman–Crippen LogP) is 2.82. The van der Waals surface area contributed by atoms with Gasteiger partial charge in [-0.1, -0.05) is 12.1 Å². The molecule has 0 spiro atoms. The van der Waals surface area contributed by atoms with Gasteiger partial charge in [-0.15, -0.1) is 5.01 Å². The molecule has 150 valence electrons. The van der Waals surface area contributed by atoms with Crippen molar-refractivity contribution in [3.05, 3.63) is 53.6 Å². The molecule has 0 aliphatic carbocycles. The van der Waals surface area contributed by atoms with Crippen LogP contribution in [0, 0.1) is 0 Å². The quantitative estimate of drug-likeness (QED) is 0.613. The average molecular weight is 403 g/mol. The lowest BCUT2D eigenvalue weighted by Crippen LogP contribution is -2.40. The summed E-state index contributed by atoms with van der Waals surface area (Å²) in [5, 5.41) is 7.28. The molecule has 29 heavy (non-hydrogen) atoms. The number of carbonyl (C=O) groups is 2. The summed E-state index contributed by atoms with van der Waals surface area (Å²) in [4.78, 5) is 25.1. The van der Waals surface area contributed by atoms with Crippen LogP contribution in [0.5, 0.6) is 17.2 Å². The van der Waals surface area contributed by atoms with E-state index in [2.05, 4.69) is 15.2 Å². The van der Waals surface area contributed by atoms with Crippen molar-refractivity contribution in [2.75, 3.05) is 6.79 Å². The first-order valence-electron chi connectivity index (χ1n) is 8.52. The number of hydrogen-bond acceptors (Lipinski definition) is 6. The van der Waals surface area contributed by atoms with Gasteiger partial charge in [-0.2, -0.15) is 13.9 Å². The smallest absolute Gasteiger partial charge is 0.387 e. The minimum absolute atomic E-state index is 0.0539. The molecular weight excluding hydrogens is 388 g/mol. The maximum absolute atomic E-state index is 12.8. The Bertz CT molecular complexity index is 996. The van der Waals surface area contributed by atoms with Crippen LogP contribution in [0.2, 0.25) is 0 Å². The van der Waals surface area contributed by atoms with Gasteiger partial charge in [-0.25, -0.2) is 4.79 Å². The van der Waals surface area contributed by atoms with Gasteiger partial charge in [-0.3, -0.25) is 4.79 Å². The molecule has 8 nitrogen and oxygen atoms in total. The summed E-state index contributed by atoms with van der Waals surface area (Å²) in [5.41, 5.74) is -0.387. The van der Waals surface area contributed by atoms with Gasteiger partial charge in [0.25, 0.3) is 5.91 Å². The van der Waals surface area contributed by atoms with Crippen LogP contribution >= 0.6 is 0 Å². The molecule has 0 bridgehead atoms. The number of amides is 3. The van der Waals surface area contributed by atoms with E-state index in [1.807, 2.05) is 0 Å². The lowest BCUT2D eigenvalue weighted by Gasteiger charge is -2.21. The normalized spacial score (nSPS) is 20.6. The standard InChI is InChI=1S/C19H15F2N3O5/c1-19(12-3-5-13(6-4-12)29-17(20)21)16(25)24(18(26)23-19)22-9-11-2-7-14-15(8-11)28-10-27-14/h2-9,17H,10H2,1H3,(H,23,26)/t19-/m1/s1. The Hall–Kier alpha value is -3.69. The van der Waals surface area contributed by atoms with Gasteiger partial charge in [0.1, 0.15) is 11.3 Å². The molecule has 0 aromatic heterocycles. The molecule has 4 rings (SSSR count). The second-order valence-corrected chi connectivity index (χ2v) is 6.43. The van der Waals surface area contributed by atoms with E-state index >= 15 is 0 Å². The lowest BCUT2D eigenvalue weighted by atomic mass is 9.92. The number of benzene rings is 2. The molecule has 1 saturated heterocycles. The molecule has 0 radical (unpaired) electrons. The van der Waals surface area contributed by atoms with Crippen LogP contribution in [-0.4, -0.2) is 36.6 Å². The summed E-state index contributed by atoms with van der Waals surface area (Å²) >= 11 is 0. The zero-order valence-electron chi connectivity index (χ0n) is 15.1. The molecule has 0 saturated carbocycles. The highest BCUT2D eigenvalue weighted by Crippen LogP contribution is 2.33. The first-order chi connectivity index (χ1) is 13.9. The Kier molecular flexibility index (Phi) is 4.53. The summed E-state index contributed by atoms with van der Waals surface area (Å²) in [6.45, 7) is -1.32. The van der Waals surface area contributed by atoms with E-state index in [0.717, 1.165) is 0 Å². The zero-order valence-corrected chi connectivity index (χ0v) is 15.1. The van der Waals surface area contributed by atoms with Crippen molar-refractivity contribution in [1.82, 2.24) is 10.3 Å². The van der Waals surface area contributed by atoms with Crippen molar-refractivity contribution in [3.8, 4) is 17.2 Å². The summed E-state index contributed by atoms with van der Waals surface area (Å²) in [5.74, 6) is 0.481. The lowest BCUT2D eigenvalue weighted by molar-refractivity contribution is -0.131. The molecule has 2 aliphatic rings. The van der Waals surface area contributed by atoms with Gasteiger partial charge < -0.3 is 19.5 Å². The third-order valence-corrected chi connectivity index (χ3v) is 4.55. The molecule has 3 amide bonds. The van der Waals surface area contributed by atoms with Gasteiger partial charge in [0, 0.05) is 0 Å². The minimum atomic E-state index is -2.95. The SMILES string of the molecule is C[C@]1(c2ccc(OC(F)F)cc2)NC(=O)N(N=Cc2ccc3c(c2)OCO3)C1=O. The van der Waals surface area contributed by atoms with Crippen LogP contribution in [0.25, 0.3) is 0 Å². The second kappa shape index (κ2) is 7.04. The maximum atomic E-state index is 12.8. The Morgan fingerprint density at radius 2 is 1.90 bits per heavy atom. The van der Waals surface area contributed by atoms with Gasteiger partial charge in [0.15, 0.2) is 11.5 Å². The Morgan fingerprint density at radius 3 is 2.62 bits per heavy atom. The van der Waals surface area contributed by atoms with Gasteiger partial charge >= 0.3 is 12.6 Å². The Morgan fingerprint density at radius 1 is 1.17 bits per heavy atom. The summed E-state index contributed by atoms with van der Waals surface area (Å²) < 4.78 is 39.4. The topological polar surface area (TPSA) is 89.5 Å². The molecule has 10 heteroatoms. The molecule has 2 heterocycles. The first-order valence-corrected chi connectivity index (χ1v) is 8.52. The number of ether oxygens (including phenoxy) is 3. The third kappa shape index (κ3) is 3.44. The highest BCUT2D eigenvalue weighted by Gasteiger charge is 2.49. The molecule has 1 atom stereocenters. The maximum Gasteiger partial charge on any atom is 0.387 e. The van der Waals surface area contributed by atoms with Crippen molar-refractivity contribution in [2.45, 2.75) is 19.1 Å². The number of nitrogens with one attached hydrogen (secondary N) is 1. The van der Waals surface area contributed by atoms with Gasteiger partial charge in [-0.05, 0) is 48.4 Å². The van der Waals surface area contributed by atoms with E-state index in [-0.39, 0.29) is 12.5 Å². The van der Waals surface area contributed by atoms with Crippen LogP contribution in [0.3, 0.4) is 0 Å². The minimum Gasteiger partial charge on any atom is -0.454 e. The number of carbonyl (C=O) groups excluding carboxylic acids is 2. The zero-order chi connectivity index (χ0) is 20.6. The van der Waals surface area contributed by atoms with Crippen molar-refractivity contribution in [2.24, 2.45) is 5.10 Å². The number of hydrogen-bond donors (Lipinski definition) is 1. The molecule has 0 unspecified atom stereocenters. The molecular formula is C19H15F2N3O5. The fourth-order valence-corrected chi connectivity index (χ4v) is 3.01. The van der Waals surface area contributed by atoms with E-state index in [1.165, 1.54) is 37.4 Å². The van der Waals surface area contributed by atoms with E-state index in [4.69, 9.17) is 9.47 Å². The van der Waals surface area contributed by atoms with Crippen molar-refractivity contribution in [1.29, 1.82) is 0 Å². The fourth-order valence-electron chi connectivity index (χ4n) is 3.01. The number of alkyl halides is 2. The van der Waals surface area contributed by atoms with Crippen LogP contribution < -0.4 is 19.5 Å². The van der Waals surface area contributed by atoms with Crippen LogP contribution in [0.4, 0.5) is 13.6 Å². The van der Waals surface area contributed by atoms with Crippen molar-refractivity contribution in [3.63, 3.8) is 0 Å². The Balaban J connectivity index is 1.53. The fraction of sp³-hybridized carbons (Fsp3) is 0.211. The van der Waals surface area contributed by atoms with Crippen molar-refractivity contribution >= 4 is 18.2 Å². The van der Waals surface area contributed by atoms with E-state index in [9.17, 15) is 18.4 Å². The van der Waals surface area contributed by atoms with E-state index < -0.39 is 24.1 Å². The summed E-state index contributed by atoms with van der Waals surface area (Å²) in [6, 6.07) is 9.82. The number of halogens is 2. The molecule has 1 fully saturated rings. The summed E-state index contributed by atoms with van der Waals surface area (Å²) in [6.07, 6.45) is 1.35. The average Bonchev–Trinajstić information content (AvgIpc) is 3.23. The number of fused-ring (bicyclic) bond motifs is 1. The third-order valence-electron chi connectivity index (χ3n) is 4.55. The highest BCUT2D eigenvalue weighted by atomic mass is 19.3. The Labute approximate surface area is 163 Å². The molecule has 2 aromatic carbocycles. The predicted molar refractivity (Wildman–Crippen MR) is 96.0 cm³/mol. The van der Waals surface area contributed by atoms with E-state index in [0.29, 0.717) is 27.6 Å². The number of hydrazone groups is 1. The van der Waals surface area contributed by atoms with Gasteiger partial charge in [0.05, 0.1) is 6.21 Å². The highest BCUT2D eigenvalue weighted by molar-refractivity contribution is 6.07. The number of urea groups is 1. The second-order valence-electron chi connectivity index (χ2n) is 6.43. The molecule has 2 aliphatic heterocycles. The van der Waals surface area contributed by atoms with Gasteiger partial charge in [0.2, 0.25) is 6.79 Å². The molecule has 1 N–H and O–H groups in total. The van der Waals surface area contributed by atoms with E-state index in [1.54, 1.807) is 18.2 Å². The molecule has 2 aromatic rings. The van der Waals surface area contributed by atoms with Crippen LogP contribution in [-0.2, 0) is 10.3 Å². The first kappa shape index (κ1) is 18.7. The summed E-state index contributed by atoms with van der Waals surface area (Å²) in [7, 11) is 0. The monoisotopic (exact) mass is 403 g/mol. The van der Waals surface area contributed by atoms with Crippen LogP contribution in [0.1, 0.15) is 18.1 Å². The van der Waals surface area contributed by atoms with Crippen LogP contribution in [0.15, 0.2) is 47.6 Å². The number of imide groups is 1. The number of nitrogens with zero attached hydrogens (tertiary/aromatic N) is 2. The number of rotatable bonds is 5.